The van der Waals surface area contributed by atoms with E-state index in [2.05, 4.69) is 210 Å². The van der Waals surface area contributed by atoms with Gasteiger partial charge in [0.1, 0.15) is 0 Å². The fraction of sp³-hybridized carbons (Fsp3) is 0.0156. The Kier molecular flexibility index (Phi) is 8.38. The lowest BCUT2D eigenvalue weighted by Crippen LogP contribution is -2.36. The highest BCUT2D eigenvalue weighted by Crippen LogP contribution is 2.65. The Bertz CT molecular complexity index is 4200. The van der Waals surface area contributed by atoms with E-state index in [0.29, 0.717) is 17.6 Å². The van der Waals surface area contributed by atoms with Gasteiger partial charge in [0.05, 0.1) is 27.8 Å². The molecule has 0 radical (unpaired) electrons. The molecule has 0 saturated heterocycles. The van der Waals surface area contributed by atoms with E-state index in [-0.39, 0.29) is 0 Å². The minimum Gasteiger partial charge on any atom is -0.309 e. The third-order valence-electron chi connectivity index (χ3n) is 14.6. The van der Waals surface area contributed by atoms with Gasteiger partial charge in [-0.05, 0) is 99.1 Å². The van der Waals surface area contributed by atoms with E-state index in [0.717, 1.165) is 39.3 Å². The number of anilines is 3. The predicted molar refractivity (Wildman–Crippen MR) is 289 cm³/mol. The third-order valence-corrected chi connectivity index (χ3v) is 15.8. The van der Waals surface area contributed by atoms with Crippen molar-refractivity contribution in [3.8, 4) is 50.7 Å². The molecule has 0 amide bonds. The smallest absolute Gasteiger partial charge is 0.238 e. The predicted octanol–water partition coefficient (Wildman–Crippen LogP) is 16.5. The zero-order valence-electron chi connectivity index (χ0n) is 37.7. The third kappa shape index (κ3) is 5.50. The van der Waals surface area contributed by atoms with Gasteiger partial charge in [0.15, 0.2) is 11.6 Å². The molecule has 6 heteroatoms. The van der Waals surface area contributed by atoms with Gasteiger partial charge in [-0.3, -0.25) is 4.90 Å². The summed E-state index contributed by atoms with van der Waals surface area (Å²) in [6.45, 7) is 0. The molecule has 0 fully saturated rings. The normalized spacial score (nSPS) is 14.6. The van der Waals surface area contributed by atoms with E-state index >= 15 is 0 Å². The molecule has 2 aliphatic rings. The van der Waals surface area contributed by atoms with Crippen molar-refractivity contribution in [1.82, 2.24) is 19.5 Å². The van der Waals surface area contributed by atoms with Gasteiger partial charge in [0, 0.05) is 47.8 Å². The van der Waals surface area contributed by atoms with Crippen molar-refractivity contribution in [2.45, 2.75) is 5.41 Å². The van der Waals surface area contributed by atoms with Gasteiger partial charge in [-0.25, -0.2) is 4.98 Å². The van der Waals surface area contributed by atoms with E-state index < -0.39 is 5.41 Å². The van der Waals surface area contributed by atoms with E-state index in [4.69, 9.17) is 15.0 Å². The molecule has 1 unspecified atom stereocenters. The molecule has 5 nitrogen and oxygen atoms in total. The van der Waals surface area contributed by atoms with Crippen LogP contribution in [-0.4, -0.2) is 19.5 Å². The van der Waals surface area contributed by atoms with E-state index in [1.165, 1.54) is 75.4 Å². The molecule has 1 spiro atoms. The van der Waals surface area contributed by atoms with Gasteiger partial charge in [0.25, 0.3) is 0 Å². The maximum Gasteiger partial charge on any atom is 0.238 e. The fourth-order valence-corrected chi connectivity index (χ4v) is 12.9. The molecule has 0 N–H and O–H groups in total. The zero-order valence-corrected chi connectivity index (χ0v) is 38.5. The Morgan fingerprint density at radius 3 is 1.74 bits per heavy atom. The summed E-state index contributed by atoms with van der Waals surface area (Å²) in [7, 11) is 0. The summed E-state index contributed by atoms with van der Waals surface area (Å²) < 4.78 is 4.97. The maximum absolute atomic E-state index is 5.43. The minimum atomic E-state index is -0.672. The number of thiophene rings is 1. The summed E-state index contributed by atoms with van der Waals surface area (Å²) in [6, 6.07) is 85.7. The monoisotopic (exact) mass is 909 g/mol. The topological polar surface area (TPSA) is 46.8 Å². The first-order valence-corrected chi connectivity index (χ1v) is 24.6. The molecule has 1 aliphatic heterocycles. The van der Waals surface area contributed by atoms with Crippen LogP contribution >= 0.6 is 11.3 Å². The van der Waals surface area contributed by atoms with E-state index in [1.807, 2.05) is 47.7 Å². The Labute approximate surface area is 407 Å². The number of para-hydroxylation sites is 3. The van der Waals surface area contributed by atoms with Crippen molar-refractivity contribution in [1.29, 1.82) is 0 Å². The molecular weight excluding hydrogens is 871 g/mol. The van der Waals surface area contributed by atoms with E-state index in [1.54, 1.807) is 0 Å². The van der Waals surface area contributed by atoms with Crippen molar-refractivity contribution in [3.63, 3.8) is 0 Å². The molecule has 326 valence electrons. The second kappa shape index (κ2) is 15.0. The summed E-state index contributed by atoms with van der Waals surface area (Å²) in [6.07, 6.45) is 0. The van der Waals surface area contributed by atoms with Crippen LogP contribution in [0.15, 0.2) is 237 Å². The van der Waals surface area contributed by atoms with Gasteiger partial charge in [-0.2, -0.15) is 9.97 Å². The summed E-state index contributed by atoms with van der Waals surface area (Å²) in [5, 5.41) is 5.04. The molecule has 1 atom stereocenters. The average molecular weight is 910 g/mol. The molecule has 10 aromatic carbocycles. The molecule has 3 aromatic heterocycles. The van der Waals surface area contributed by atoms with Gasteiger partial charge in [0.2, 0.25) is 5.95 Å². The number of benzene rings is 10. The highest BCUT2D eigenvalue weighted by atomic mass is 32.1. The number of rotatable bonds is 5. The Morgan fingerprint density at radius 2 is 0.957 bits per heavy atom. The van der Waals surface area contributed by atoms with Crippen LogP contribution in [0.3, 0.4) is 0 Å². The number of hydrogen-bond acceptors (Lipinski definition) is 5. The molecule has 13 aromatic rings. The van der Waals surface area contributed by atoms with Crippen LogP contribution in [0.2, 0.25) is 0 Å². The highest BCUT2D eigenvalue weighted by Gasteiger charge is 2.52. The van der Waals surface area contributed by atoms with Crippen LogP contribution in [0.5, 0.6) is 0 Å². The molecule has 70 heavy (non-hydrogen) atoms. The second-order valence-electron chi connectivity index (χ2n) is 18.3. The van der Waals surface area contributed by atoms with Crippen LogP contribution in [0.25, 0.3) is 92.7 Å². The van der Waals surface area contributed by atoms with E-state index in [9.17, 15) is 0 Å². The lowest BCUT2D eigenvalue weighted by Gasteiger charge is -2.44. The van der Waals surface area contributed by atoms with Gasteiger partial charge in [-0.15, -0.1) is 11.3 Å². The van der Waals surface area contributed by atoms with Crippen molar-refractivity contribution in [3.05, 3.63) is 259 Å². The first-order chi connectivity index (χ1) is 34.7. The molecule has 4 heterocycles. The minimum absolute atomic E-state index is 0.556. The standard InChI is InChI=1S/C64H39N5S/c1-4-18-40(19-5-1)61-65-62(41-20-6-2-7-21-41)67-63(66-61)69-55-30-16-14-28-50(55)64(49-27-13-10-25-46(49)59-52(64)35-37-58-60(59)47-26-12-17-31-57(47)70-58)51-34-32-43(39-56(51)69)42-33-36-54-48(38-42)45-24-11-15-29-53(45)68(54)44-22-8-3-9-23-44/h1-39H. The zero-order chi connectivity index (χ0) is 45.9. The molecule has 0 saturated carbocycles. The van der Waals surface area contributed by atoms with Crippen LogP contribution in [0.1, 0.15) is 22.3 Å². The van der Waals surface area contributed by atoms with Gasteiger partial charge < -0.3 is 4.57 Å². The number of hydrogen-bond donors (Lipinski definition) is 0. The Hall–Kier alpha value is -8.97. The van der Waals surface area contributed by atoms with Crippen molar-refractivity contribution >= 4 is 70.6 Å². The van der Waals surface area contributed by atoms with Crippen molar-refractivity contribution < 1.29 is 0 Å². The second-order valence-corrected chi connectivity index (χ2v) is 19.4. The average Bonchev–Trinajstić information content (AvgIpc) is 4.08. The lowest BCUT2D eigenvalue weighted by molar-refractivity contribution is 0.750. The van der Waals surface area contributed by atoms with Crippen LogP contribution < -0.4 is 4.90 Å². The Balaban J connectivity index is 1.04. The highest BCUT2D eigenvalue weighted by molar-refractivity contribution is 7.26. The summed E-state index contributed by atoms with van der Waals surface area (Å²) in [5.41, 5.74) is 16.4. The molecular formula is C64H39N5S. The first kappa shape index (κ1) is 39.1. The quantitative estimate of drug-likeness (QED) is 0.173. The molecule has 0 bridgehead atoms. The van der Waals surface area contributed by atoms with Crippen LogP contribution in [-0.2, 0) is 5.41 Å². The number of aromatic nitrogens is 4. The summed E-state index contributed by atoms with van der Waals surface area (Å²) in [4.78, 5) is 18.3. The van der Waals surface area contributed by atoms with Crippen LogP contribution in [0, 0.1) is 0 Å². The van der Waals surface area contributed by atoms with Gasteiger partial charge >= 0.3 is 0 Å². The van der Waals surface area contributed by atoms with Crippen LogP contribution in [0.4, 0.5) is 17.3 Å². The molecule has 15 rings (SSSR count). The molecule has 1 aliphatic carbocycles. The van der Waals surface area contributed by atoms with Crippen molar-refractivity contribution in [2.75, 3.05) is 4.90 Å². The SMILES string of the molecule is c1ccc(-c2nc(-c3ccccc3)nc(N3c4ccccc4C4(c5ccccc5-c5c4ccc4sc6ccccc6c54)c4ccc(-c5ccc6c(c5)c5ccccc5n6-c5ccccc5)cc43)n2)cc1. The Morgan fingerprint density at radius 1 is 0.371 bits per heavy atom. The number of nitrogens with zero attached hydrogens (tertiary/aromatic N) is 5. The summed E-state index contributed by atoms with van der Waals surface area (Å²) >= 11 is 1.87. The fourth-order valence-electron chi connectivity index (χ4n) is 11.8. The number of fused-ring (bicyclic) bond motifs is 16. The largest absolute Gasteiger partial charge is 0.309 e. The van der Waals surface area contributed by atoms with Crippen molar-refractivity contribution in [2.24, 2.45) is 0 Å². The summed E-state index contributed by atoms with van der Waals surface area (Å²) in [5.74, 6) is 1.78. The first-order valence-electron chi connectivity index (χ1n) is 23.8. The maximum atomic E-state index is 5.43. The lowest BCUT2D eigenvalue weighted by atomic mass is 9.64. The van der Waals surface area contributed by atoms with Gasteiger partial charge in [-0.1, -0.05) is 182 Å².